The van der Waals surface area contributed by atoms with Crippen molar-refractivity contribution < 1.29 is 9.90 Å². The fraction of sp³-hybridized carbons (Fsp3) is 0.733. The van der Waals surface area contributed by atoms with E-state index in [1.165, 1.54) is 0 Å². The van der Waals surface area contributed by atoms with Crippen LogP contribution in [0.1, 0.15) is 50.4 Å². The first-order chi connectivity index (χ1) is 9.54. The third-order valence-electron chi connectivity index (χ3n) is 4.38. The van der Waals surface area contributed by atoms with Gasteiger partial charge in [-0.25, -0.2) is 0 Å². The molecule has 1 aromatic rings. The van der Waals surface area contributed by atoms with Crippen LogP contribution in [0.5, 0.6) is 0 Å². The number of nitrogens with zero attached hydrogens (tertiary/aromatic N) is 2. The molecule has 0 aromatic carbocycles. The third-order valence-corrected chi connectivity index (χ3v) is 4.88. The summed E-state index contributed by atoms with van der Waals surface area (Å²) in [6.45, 7) is 4.71. The van der Waals surface area contributed by atoms with Gasteiger partial charge in [0.1, 0.15) is 0 Å². The molecule has 112 valence electrons. The maximum absolute atomic E-state index is 11.5. The van der Waals surface area contributed by atoms with Crippen molar-refractivity contribution in [3.8, 4) is 0 Å². The number of aromatic nitrogens is 2. The largest absolute Gasteiger partial charge is 0.481 e. The van der Waals surface area contributed by atoms with E-state index in [9.17, 15) is 9.90 Å². The van der Waals surface area contributed by atoms with E-state index in [4.69, 9.17) is 11.6 Å². The topological polar surface area (TPSA) is 55.1 Å². The Morgan fingerprint density at radius 2 is 2.10 bits per heavy atom. The summed E-state index contributed by atoms with van der Waals surface area (Å²) in [6.07, 6.45) is 5.77. The van der Waals surface area contributed by atoms with E-state index in [1.54, 1.807) is 0 Å². The first-order valence-corrected chi connectivity index (χ1v) is 7.87. The lowest BCUT2D eigenvalue weighted by Gasteiger charge is -2.22. The van der Waals surface area contributed by atoms with E-state index in [2.05, 4.69) is 5.10 Å². The summed E-state index contributed by atoms with van der Waals surface area (Å²) in [5.41, 5.74) is 1.84. The molecule has 0 amide bonds. The number of carboxylic acid groups (broad SMARTS) is 1. The lowest BCUT2D eigenvalue weighted by atomic mass is 9.84. The van der Waals surface area contributed by atoms with Crippen molar-refractivity contribution in [3.63, 3.8) is 0 Å². The van der Waals surface area contributed by atoms with Crippen LogP contribution in [-0.2, 0) is 17.8 Å². The molecular weight excluding hydrogens is 276 g/mol. The zero-order chi connectivity index (χ0) is 14.7. The van der Waals surface area contributed by atoms with E-state index in [-0.39, 0.29) is 11.8 Å². The molecule has 0 bridgehead atoms. The van der Waals surface area contributed by atoms with Crippen LogP contribution in [0.15, 0.2) is 0 Å². The van der Waals surface area contributed by atoms with Gasteiger partial charge in [0, 0.05) is 6.54 Å². The highest BCUT2D eigenvalue weighted by atomic mass is 35.5. The highest BCUT2D eigenvalue weighted by molar-refractivity contribution is 6.31. The number of rotatable bonds is 4. The number of hydrogen-bond acceptors (Lipinski definition) is 2. The van der Waals surface area contributed by atoms with Gasteiger partial charge in [-0.15, -0.1) is 0 Å². The molecule has 1 heterocycles. The summed E-state index contributed by atoms with van der Waals surface area (Å²) in [5, 5.41) is 14.6. The fourth-order valence-electron chi connectivity index (χ4n) is 3.27. The van der Waals surface area contributed by atoms with Gasteiger partial charge in [-0.3, -0.25) is 9.48 Å². The minimum absolute atomic E-state index is 0.175. The van der Waals surface area contributed by atoms with E-state index in [0.717, 1.165) is 56.5 Å². The van der Waals surface area contributed by atoms with E-state index >= 15 is 0 Å². The van der Waals surface area contributed by atoms with Crippen LogP contribution in [0, 0.1) is 18.8 Å². The second-order valence-corrected chi connectivity index (χ2v) is 6.09. The highest BCUT2D eigenvalue weighted by Gasteiger charge is 2.31. The van der Waals surface area contributed by atoms with Crippen LogP contribution in [0.4, 0.5) is 0 Å². The molecule has 1 aromatic heterocycles. The van der Waals surface area contributed by atoms with Gasteiger partial charge in [-0.2, -0.15) is 5.10 Å². The first-order valence-electron chi connectivity index (χ1n) is 7.49. The molecule has 0 spiro atoms. The summed E-state index contributed by atoms with van der Waals surface area (Å²) in [7, 11) is 0. The Hall–Kier alpha value is -1.03. The predicted octanol–water partition coefficient (Wildman–Crippen LogP) is 3.69. The van der Waals surface area contributed by atoms with E-state index < -0.39 is 5.97 Å². The van der Waals surface area contributed by atoms with Gasteiger partial charge < -0.3 is 5.11 Å². The van der Waals surface area contributed by atoms with Crippen LogP contribution in [0.2, 0.25) is 5.02 Å². The van der Waals surface area contributed by atoms with Crippen molar-refractivity contribution in [2.24, 2.45) is 11.8 Å². The van der Waals surface area contributed by atoms with Gasteiger partial charge in [-0.05, 0) is 39.0 Å². The summed E-state index contributed by atoms with van der Waals surface area (Å²) >= 11 is 6.35. The molecule has 0 saturated heterocycles. The van der Waals surface area contributed by atoms with Crippen molar-refractivity contribution in [1.82, 2.24) is 9.78 Å². The Bertz CT molecular complexity index is 484. The fourth-order valence-corrected chi connectivity index (χ4v) is 3.48. The van der Waals surface area contributed by atoms with Gasteiger partial charge in [0.05, 0.1) is 22.3 Å². The molecule has 1 fully saturated rings. The molecule has 1 N–H and O–H groups in total. The van der Waals surface area contributed by atoms with E-state index in [1.807, 2.05) is 18.5 Å². The zero-order valence-electron chi connectivity index (χ0n) is 12.2. The number of halogens is 1. The smallest absolute Gasteiger partial charge is 0.306 e. The van der Waals surface area contributed by atoms with Crippen molar-refractivity contribution in [2.75, 3.05) is 0 Å². The third kappa shape index (κ3) is 3.17. The van der Waals surface area contributed by atoms with Crippen molar-refractivity contribution in [1.29, 1.82) is 0 Å². The average molecular weight is 299 g/mol. The van der Waals surface area contributed by atoms with Gasteiger partial charge in [-0.1, -0.05) is 30.9 Å². The second kappa shape index (κ2) is 6.61. The Morgan fingerprint density at radius 3 is 2.75 bits per heavy atom. The molecule has 4 nitrogen and oxygen atoms in total. The van der Waals surface area contributed by atoms with Crippen molar-refractivity contribution in [2.45, 2.75) is 58.9 Å². The minimum Gasteiger partial charge on any atom is -0.481 e. The monoisotopic (exact) mass is 298 g/mol. The number of hydrogen-bond donors (Lipinski definition) is 1. The molecule has 1 aliphatic carbocycles. The quantitative estimate of drug-likeness (QED) is 0.863. The Labute approximate surface area is 125 Å². The number of carboxylic acids is 1. The summed E-state index contributed by atoms with van der Waals surface area (Å²) in [6, 6.07) is 0. The molecule has 0 aliphatic heterocycles. The highest BCUT2D eigenvalue weighted by Crippen LogP contribution is 2.34. The summed E-state index contributed by atoms with van der Waals surface area (Å²) in [5.74, 6) is -0.727. The van der Waals surface area contributed by atoms with Gasteiger partial charge in [0.25, 0.3) is 0 Å². The Morgan fingerprint density at radius 1 is 1.40 bits per heavy atom. The lowest BCUT2D eigenvalue weighted by Crippen LogP contribution is -2.25. The second-order valence-electron chi connectivity index (χ2n) is 5.71. The molecule has 1 aliphatic rings. The van der Waals surface area contributed by atoms with E-state index in [0.29, 0.717) is 5.02 Å². The molecular formula is C15H23ClN2O2. The van der Waals surface area contributed by atoms with Crippen LogP contribution in [0.3, 0.4) is 0 Å². The van der Waals surface area contributed by atoms with Gasteiger partial charge >= 0.3 is 5.97 Å². The van der Waals surface area contributed by atoms with Crippen LogP contribution in [-0.4, -0.2) is 20.9 Å². The van der Waals surface area contributed by atoms with Gasteiger partial charge in [0.2, 0.25) is 0 Å². The van der Waals surface area contributed by atoms with Crippen LogP contribution >= 0.6 is 11.6 Å². The predicted molar refractivity (Wildman–Crippen MR) is 79.1 cm³/mol. The Kier molecular flexibility index (Phi) is 5.08. The standard InChI is InChI=1S/C15H23ClN2O2/c1-3-18-13(14(16)10(2)17-18)9-11-7-5-4-6-8-12(11)15(19)20/h11-12H,3-9H2,1-2H3,(H,19,20). The molecule has 20 heavy (non-hydrogen) atoms. The minimum atomic E-state index is -0.660. The number of carbonyl (C=O) groups is 1. The zero-order valence-corrected chi connectivity index (χ0v) is 13.0. The summed E-state index contributed by atoms with van der Waals surface area (Å²) in [4.78, 5) is 11.5. The molecule has 2 unspecified atom stereocenters. The summed E-state index contributed by atoms with van der Waals surface area (Å²) < 4.78 is 1.92. The molecule has 2 atom stereocenters. The molecule has 5 heteroatoms. The SMILES string of the molecule is CCn1nc(C)c(Cl)c1CC1CCCCCC1C(=O)O. The molecule has 1 saturated carbocycles. The maximum atomic E-state index is 11.5. The van der Waals surface area contributed by atoms with Gasteiger partial charge in [0.15, 0.2) is 0 Å². The molecule has 2 rings (SSSR count). The normalized spacial score (nSPS) is 23.6. The lowest BCUT2D eigenvalue weighted by molar-refractivity contribution is -0.143. The van der Waals surface area contributed by atoms with Crippen LogP contribution < -0.4 is 0 Å². The first kappa shape index (κ1) is 15.4. The average Bonchev–Trinajstić information content (AvgIpc) is 2.60. The molecule has 0 radical (unpaired) electrons. The maximum Gasteiger partial charge on any atom is 0.306 e. The Balaban J connectivity index is 2.24. The van der Waals surface area contributed by atoms with Crippen LogP contribution in [0.25, 0.3) is 0 Å². The van der Waals surface area contributed by atoms with Crippen molar-refractivity contribution in [3.05, 3.63) is 16.4 Å². The number of aliphatic carboxylic acids is 1. The number of aryl methyl sites for hydroxylation is 2. The van der Waals surface area contributed by atoms with Crippen molar-refractivity contribution >= 4 is 17.6 Å².